The van der Waals surface area contributed by atoms with E-state index in [0.717, 1.165) is 0 Å². The normalized spacial score (nSPS) is 17.1. The molecule has 31 heavy (non-hydrogen) atoms. The molecule has 0 saturated carbocycles. The molecular weight excluding hydrogens is 438 g/mol. The van der Waals surface area contributed by atoms with Crippen molar-refractivity contribution in [2.75, 3.05) is 18.5 Å². The second kappa shape index (κ2) is 10.5. The van der Waals surface area contributed by atoms with Crippen LogP contribution in [0.1, 0.15) is 30.6 Å². The fourth-order valence-corrected chi connectivity index (χ4v) is 4.37. The maximum absolute atomic E-state index is 12.8. The second-order valence-electron chi connectivity index (χ2n) is 6.61. The summed E-state index contributed by atoms with van der Waals surface area (Å²) in [5.74, 6) is -0.826. The molecule has 162 valence electrons. The van der Waals surface area contributed by atoms with Gasteiger partial charge in [0.05, 0.1) is 17.9 Å². The summed E-state index contributed by atoms with van der Waals surface area (Å²) in [6, 6.07) is 13.5. The lowest BCUT2D eigenvalue weighted by Gasteiger charge is -2.13. The molecule has 1 aliphatic heterocycles. The monoisotopic (exact) mass is 459 g/mol. The molecule has 0 spiro atoms. The smallest absolute Gasteiger partial charge is 0.338 e. The zero-order chi connectivity index (χ0) is 22.4. The molecule has 0 unspecified atom stereocenters. The van der Waals surface area contributed by atoms with Crippen molar-refractivity contribution in [1.82, 2.24) is 4.90 Å². The number of anilines is 1. The summed E-state index contributed by atoms with van der Waals surface area (Å²) >= 11 is 7.20. The number of carbonyl (C=O) groups is 3. The first-order chi connectivity index (χ1) is 14.9. The number of amides is 2. The molecular formula is C22H22ClN3O4S. The molecule has 1 N–H and O–H groups in total. The zero-order valence-corrected chi connectivity index (χ0v) is 18.7. The van der Waals surface area contributed by atoms with Crippen LogP contribution in [0.4, 0.5) is 11.4 Å². The summed E-state index contributed by atoms with van der Waals surface area (Å²) in [5, 5.41) is 3.25. The molecule has 0 aromatic heterocycles. The second-order valence-corrected chi connectivity index (χ2v) is 8.22. The molecule has 9 heteroatoms. The Morgan fingerprint density at radius 3 is 2.58 bits per heavy atom. The maximum Gasteiger partial charge on any atom is 0.338 e. The Kier molecular flexibility index (Phi) is 7.70. The number of aliphatic imine (C=N–C) groups is 1. The van der Waals surface area contributed by atoms with Crippen LogP contribution in [-0.2, 0) is 14.3 Å². The predicted molar refractivity (Wildman–Crippen MR) is 123 cm³/mol. The SMILES string of the molecule is CCOC(=O)c1ccc(N=C2S[C@@H](CC(=O)Nc3cccc(Cl)c3)C(=O)N2CC)cc1. The van der Waals surface area contributed by atoms with E-state index in [-0.39, 0.29) is 18.2 Å². The summed E-state index contributed by atoms with van der Waals surface area (Å²) in [6.07, 6.45) is 0.0212. The van der Waals surface area contributed by atoms with E-state index in [0.29, 0.717) is 40.3 Å². The van der Waals surface area contributed by atoms with E-state index in [9.17, 15) is 14.4 Å². The van der Waals surface area contributed by atoms with Crippen LogP contribution >= 0.6 is 23.4 Å². The Hall–Kier alpha value is -2.84. The van der Waals surface area contributed by atoms with E-state index in [1.54, 1.807) is 60.4 Å². The average molecular weight is 460 g/mol. The standard InChI is InChI=1S/C22H22ClN3O4S/c1-3-26-20(28)18(13-19(27)24-17-7-5-6-15(23)12-17)31-22(26)25-16-10-8-14(9-11-16)21(29)30-4-2/h5-12,18H,3-4,13H2,1-2H3,(H,24,27)/t18-/m0/s1. The van der Waals surface area contributed by atoms with E-state index in [1.165, 1.54) is 11.8 Å². The van der Waals surface area contributed by atoms with Crippen molar-refractivity contribution < 1.29 is 19.1 Å². The van der Waals surface area contributed by atoms with Gasteiger partial charge in [-0.05, 0) is 56.3 Å². The van der Waals surface area contributed by atoms with Crippen LogP contribution in [0.2, 0.25) is 5.02 Å². The summed E-state index contributed by atoms with van der Waals surface area (Å²) in [5.41, 5.74) is 1.62. The number of thioether (sulfide) groups is 1. The van der Waals surface area contributed by atoms with E-state index in [4.69, 9.17) is 16.3 Å². The molecule has 2 aromatic rings. The average Bonchev–Trinajstić information content (AvgIpc) is 3.02. The van der Waals surface area contributed by atoms with Crippen LogP contribution in [0.3, 0.4) is 0 Å². The fraction of sp³-hybridized carbons (Fsp3) is 0.273. The van der Waals surface area contributed by atoms with Crippen LogP contribution in [0.15, 0.2) is 53.5 Å². The largest absolute Gasteiger partial charge is 0.462 e. The van der Waals surface area contributed by atoms with Crippen molar-refractivity contribution in [3.05, 3.63) is 59.1 Å². The quantitative estimate of drug-likeness (QED) is 0.616. The fourth-order valence-electron chi connectivity index (χ4n) is 2.96. The Balaban J connectivity index is 1.69. The van der Waals surface area contributed by atoms with Gasteiger partial charge in [0.15, 0.2) is 5.17 Å². The number of esters is 1. The molecule has 1 heterocycles. The van der Waals surface area contributed by atoms with Gasteiger partial charge in [-0.15, -0.1) is 0 Å². The number of amidine groups is 1. The molecule has 2 aromatic carbocycles. The van der Waals surface area contributed by atoms with Gasteiger partial charge in [-0.1, -0.05) is 29.4 Å². The van der Waals surface area contributed by atoms with E-state index in [1.807, 2.05) is 6.92 Å². The third-order valence-corrected chi connectivity index (χ3v) is 5.83. The Labute approximate surface area is 189 Å². The van der Waals surface area contributed by atoms with Crippen molar-refractivity contribution >= 4 is 57.7 Å². The molecule has 0 radical (unpaired) electrons. The summed E-state index contributed by atoms with van der Waals surface area (Å²) in [7, 11) is 0. The minimum Gasteiger partial charge on any atom is -0.462 e. The lowest BCUT2D eigenvalue weighted by atomic mass is 10.2. The van der Waals surface area contributed by atoms with Crippen LogP contribution in [0, 0.1) is 0 Å². The third kappa shape index (κ3) is 5.86. The first-order valence-electron chi connectivity index (χ1n) is 9.80. The molecule has 0 bridgehead atoms. The number of benzene rings is 2. The van der Waals surface area contributed by atoms with Crippen molar-refractivity contribution in [2.45, 2.75) is 25.5 Å². The van der Waals surface area contributed by atoms with E-state index < -0.39 is 11.2 Å². The molecule has 1 saturated heterocycles. The van der Waals surface area contributed by atoms with Gasteiger partial charge in [-0.2, -0.15) is 0 Å². The topological polar surface area (TPSA) is 88.1 Å². The first kappa shape index (κ1) is 22.8. The highest BCUT2D eigenvalue weighted by Gasteiger charge is 2.38. The van der Waals surface area contributed by atoms with Crippen LogP contribution in [0.25, 0.3) is 0 Å². The zero-order valence-electron chi connectivity index (χ0n) is 17.1. The van der Waals surface area contributed by atoms with Gasteiger partial charge in [-0.25, -0.2) is 9.79 Å². The number of hydrogen-bond acceptors (Lipinski definition) is 6. The predicted octanol–water partition coefficient (Wildman–Crippen LogP) is 4.50. The molecule has 7 nitrogen and oxygen atoms in total. The Bertz CT molecular complexity index is 1010. The van der Waals surface area contributed by atoms with Crippen molar-refractivity contribution in [3.63, 3.8) is 0 Å². The first-order valence-corrected chi connectivity index (χ1v) is 11.1. The molecule has 1 atom stereocenters. The minimum absolute atomic E-state index is 0.0212. The number of halogens is 1. The third-order valence-electron chi connectivity index (χ3n) is 4.42. The lowest BCUT2D eigenvalue weighted by Crippen LogP contribution is -2.33. The van der Waals surface area contributed by atoms with Gasteiger partial charge in [-0.3, -0.25) is 14.5 Å². The van der Waals surface area contributed by atoms with Gasteiger partial charge in [0.1, 0.15) is 5.25 Å². The number of nitrogens with zero attached hydrogens (tertiary/aromatic N) is 2. The Morgan fingerprint density at radius 2 is 1.94 bits per heavy atom. The highest BCUT2D eigenvalue weighted by molar-refractivity contribution is 8.15. The summed E-state index contributed by atoms with van der Waals surface area (Å²) in [4.78, 5) is 43.1. The van der Waals surface area contributed by atoms with E-state index >= 15 is 0 Å². The number of hydrogen-bond donors (Lipinski definition) is 1. The van der Waals surface area contributed by atoms with Gasteiger partial charge in [0, 0.05) is 23.7 Å². The Morgan fingerprint density at radius 1 is 1.19 bits per heavy atom. The van der Waals surface area contributed by atoms with Gasteiger partial charge in [0.2, 0.25) is 11.8 Å². The van der Waals surface area contributed by atoms with Gasteiger partial charge < -0.3 is 10.1 Å². The van der Waals surface area contributed by atoms with Crippen molar-refractivity contribution in [1.29, 1.82) is 0 Å². The lowest BCUT2D eigenvalue weighted by molar-refractivity contribution is -0.128. The molecule has 2 amide bonds. The number of nitrogens with one attached hydrogen (secondary N) is 1. The molecule has 1 fully saturated rings. The van der Waals surface area contributed by atoms with Crippen LogP contribution in [0.5, 0.6) is 0 Å². The number of carbonyl (C=O) groups excluding carboxylic acids is 3. The van der Waals surface area contributed by atoms with Gasteiger partial charge >= 0.3 is 5.97 Å². The summed E-state index contributed by atoms with van der Waals surface area (Å²) < 4.78 is 4.97. The van der Waals surface area contributed by atoms with Crippen LogP contribution < -0.4 is 5.32 Å². The minimum atomic E-state index is -0.559. The number of ether oxygens (including phenoxy) is 1. The van der Waals surface area contributed by atoms with Gasteiger partial charge in [0.25, 0.3) is 0 Å². The molecule has 3 rings (SSSR count). The number of rotatable bonds is 7. The highest BCUT2D eigenvalue weighted by Crippen LogP contribution is 2.32. The van der Waals surface area contributed by atoms with Crippen molar-refractivity contribution in [2.24, 2.45) is 4.99 Å². The maximum atomic E-state index is 12.8. The van der Waals surface area contributed by atoms with E-state index in [2.05, 4.69) is 10.3 Å². The highest BCUT2D eigenvalue weighted by atomic mass is 35.5. The molecule has 1 aliphatic rings. The summed E-state index contributed by atoms with van der Waals surface area (Å²) in [6.45, 7) is 4.35. The van der Waals surface area contributed by atoms with Crippen LogP contribution in [-0.4, -0.2) is 46.3 Å². The van der Waals surface area contributed by atoms with Crippen molar-refractivity contribution in [3.8, 4) is 0 Å². The molecule has 0 aliphatic carbocycles.